The molecule has 0 fully saturated rings. The van der Waals surface area contributed by atoms with Crippen LogP contribution >= 0.6 is 23.2 Å². The van der Waals surface area contributed by atoms with Crippen LogP contribution in [0.3, 0.4) is 0 Å². The zero-order valence-electron chi connectivity index (χ0n) is 7.64. The summed E-state index contributed by atoms with van der Waals surface area (Å²) in [5.41, 5.74) is 1.69. The fourth-order valence-corrected chi connectivity index (χ4v) is 1.66. The molecule has 0 aliphatic rings. The van der Waals surface area contributed by atoms with Gasteiger partial charge in [-0.1, -0.05) is 36.2 Å². The summed E-state index contributed by atoms with van der Waals surface area (Å²) in [6.07, 6.45) is 0.157. The second-order valence-corrected chi connectivity index (χ2v) is 3.86. The van der Waals surface area contributed by atoms with E-state index in [2.05, 4.69) is 0 Å². The van der Waals surface area contributed by atoms with Gasteiger partial charge in [0, 0.05) is 10.0 Å². The maximum Gasteiger partial charge on any atom is 0.0801 e. The van der Waals surface area contributed by atoms with Crippen LogP contribution in [0.25, 0.3) is 0 Å². The monoisotopic (exact) mass is 218 g/mol. The lowest BCUT2D eigenvalue weighted by Crippen LogP contribution is -1.97. The quantitative estimate of drug-likeness (QED) is 0.803. The third-order valence-corrected chi connectivity index (χ3v) is 2.76. The summed E-state index contributed by atoms with van der Waals surface area (Å²) < 4.78 is 0. The normalized spacial score (nSPS) is 13.0. The van der Waals surface area contributed by atoms with E-state index in [1.807, 2.05) is 19.9 Å². The minimum absolute atomic E-state index is 0.497. The number of hydrogen-bond acceptors (Lipinski definition) is 1. The van der Waals surface area contributed by atoms with Crippen LogP contribution in [0.4, 0.5) is 0 Å². The second-order valence-electron chi connectivity index (χ2n) is 3.05. The Bertz CT molecular complexity index is 310. The molecule has 1 rings (SSSR count). The third kappa shape index (κ3) is 2.37. The molecule has 1 unspecified atom stereocenters. The minimum atomic E-state index is -0.497. The molecule has 3 heteroatoms. The van der Waals surface area contributed by atoms with Gasteiger partial charge in [0.2, 0.25) is 0 Å². The molecule has 1 N–H and O–H groups in total. The van der Waals surface area contributed by atoms with Gasteiger partial charge in [-0.25, -0.2) is 0 Å². The van der Waals surface area contributed by atoms with E-state index in [4.69, 9.17) is 23.2 Å². The molecule has 0 saturated heterocycles. The van der Waals surface area contributed by atoms with Crippen molar-refractivity contribution in [2.45, 2.75) is 26.4 Å². The first-order valence-electron chi connectivity index (χ1n) is 4.19. The van der Waals surface area contributed by atoms with Crippen LogP contribution in [0.2, 0.25) is 10.0 Å². The van der Waals surface area contributed by atoms with Gasteiger partial charge >= 0.3 is 0 Å². The minimum Gasteiger partial charge on any atom is -0.388 e. The Kier molecular flexibility index (Phi) is 3.60. The molecule has 0 aliphatic carbocycles. The van der Waals surface area contributed by atoms with Crippen LogP contribution in [-0.2, 0) is 0 Å². The van der Waals surface area contributed by atoms with Crippen LogP contribution in [0.15, 0.2) is 12.1 Å². The molecule has 0 bridgehead atoms. The Morgan fingerprint density at radius 2 is 1.92 bits per heavy atom. The number of aliphatic hydroxyl groups excluding tert-OH is 1. The standard InChI is InChI=1S/C10H12Cl2O/c1-3-10(13)7-4-6(2)8(11)5-9(7)12/h4-5,10,13H,3H2,1-2H3. The largest absolute Gasteiger partial charge is 0.388 e. The van der Waals surface area contributed by atoms with E-state index in [0.717, 1.165) is 11.1 Å². The number of benzene rings is 1. The SMILES string of the molecule is CCC(O)c1cc(C)c(Cl)cc1Cl. The van der Waals surface area contributed by atoms with Crippen molar-refractivity contribution in [3.05, 3.63) is 33.3 Å². The average Bonchev–Trinajstić information content (AvgIpc) is 2.10. The van der Waals surface area contributed by atoms with Gasteiger partial charge in [-0.15, -0.1) is 0 Å². The topological polar surface area (TPSA) is 20.2 Å². The van der Waals surface area contributed by atoms with Gasteiger partial charge in [0.1, 0.15) is 0 Å². The van der Waals surface area contributed by atoms with Crippen LogP contribution in [-0.4, -0.2) is 5.11 Å². The van der Waals surface area contributed by atoms with Gasteiger partial charge in [0.15, 0.2) is 0 Å². The smallest absolute Gasteiger partial charge is 0.0801 e. The van der Waals surface area contributed by atoms with Crippen molar-refractivity contribution in [2.24, 2.45) is 0 Å². The molecule has 1 atom stereocenters. The van der Waals surface area contributed by atoms with Crippen LogP contribution < -0.4 is 0 Å². The molecule has 0 saturated carbocycles. The highest BCUT2D eigenvalue weighted by atomic mass is 35.5. The van der Waals surface area contributed by atoms with Crippen molar-refractivity contribution in [1.29, 1.82) is 0 Å². The summed E-state index contributed by atoms with van der Waals surface area (Å²) in [5.74, 6) is 0. The molecular weight excluding hydrogens is 207 g/mol. The maximum absolute atomic E-state index is 9.60. The Hall–Kier alpha value is -0.240. The summed E-state index contributed by atoms with van der Waals surface area (Å²) in [5, 5.41) is 10.8. The van der Waals surface area contributed by atoms with Crippen molar-refractivity contribution in [1.82, 2.24) is 0 Å². The molecule has 72 valence electrons. The Morgan fingerprint density at radius 1 is 1.31 bits per heavy atom. The Labute approximate surface area is 88.3 Å². The predicted octanol–water partition coefficient (Wildman–Crippen LogP) is 3.75. The van der Waals surface area contributed by atoms with Crippen LogP contribution in [0, 0.1) is 6.92 Å². The highest BCUT2D eigenvalue weighted by molar-refractivity contribution is 6.35. The predicted molar refractivity (Wildman–Crippen MR) is 56.4 cm³/mol. The Balaban J connectivity index is 3.15. The van der Waals surface area contributed by atoms with Crippen LogP contribution in [0.5, 0.6) is 0 Å². The van der Waals surface area contributed by atoms with Crippen molar-refractivity contribution in [3.8, 4) is 0 Å². The van der Waals surface area contributed by atoms with Gasteiger partial charge < -0.3 is 5.11 Å². The maximum atomic E-state index is 9.60. The van der Waals surface area contributed by atoms with Gasteiger partial charge in [-0.2, -0.15) is 0 Å². The second kappa shape index (κ2) is 4.32. The summed E-state index contributed by atoms with van der Waals surface area (Å²) >= 11 is 11.8. The van der Waals surface area contributed by atoms with Crippen LogP contribution in [0.1, 0.15) is 30.6 Å². The van der Waals surface area contributed by atoms with E-state index in [0.29, 0.717) is 16.5 Å². The van der Waals surface area contributed by atoms with E-state index in [9.17, 15) is 5.11 Å². The molecule has 0 heterocycles. The number of hydrogen-bond donors (Lipinski definition) is 1. The van der Waals surface area contributed by atoms with E-state index >= 15 is 0 Å². The lowest BCUT2D eigenvalue weighted by molar-refractivity contribution is 0.173. The summed E-state index contributed by atoms with van der Waals surface area (Å²) in [6.45, 7) is 3.80. The molecule has 0 spiro atoms. The molecular formula is C10H12Cl2O. The molecule has 0 amide bonds. The van der Waals surface area contributed by atoms with E-state index in [1.165, 1.54) is 0 Å². The fourth-order valence-electron chi connectivity index (χ4n) is 1.15. The lowest BCUT2D eigenvalue weighted by atomic mass is 10.0. The molecule has 1 nitrogen and oxygen atoms in total. The molecule has 0 aliphatic heterocycles. The van der Waals surface area contributed by atoms with Gasteiger partial charge in [-0.3, -0.25) is 0 Å². The van der Waals surface area contributed by atoms with E-state index < -0.39 is 6.10 Å². The first kappa shape index (κ1) is 10.8. The van der Waals surface area contributed by atoms with E-state index in [1.54, 1.807) is 6.07 Å². The molecule has 0 radical (unpaired) electrons. The molecule has 13 heavy (non-hydrogen) atoms. The van der Waals surface area contributed by atoms with Gasteiger partial charge in [0.25, 0.3) is 0 Å². The van der Waals surface area contributed by atoms with Crippen molar-refractivity contribution >= 4 is 23.2 Å². The highest BCUT2D eigenvalue weighted by Gasteiger charge is 2.11. The average molecular weight is 219 g/mol. The fraction of sp³-hybridized carbons (Fsp3) is 0.400. The van der Waals surface area contributed by atoms with E-state index in [-0.39, 0.29) is 0 Å². The summed E-state index contributed by atoms with van der Waals surface area (Å²) in [7, 11) is 0. The first-order chi connectivity index (χ1) is 6.06. The van der Waals surface area contributed by atoms with Crippen molar-refractivity contribution in [2.75, 3.05) is 0 Å². The zero-order chi connectivity index (χ0) is 10.0. The lowest BCUT2D eigenvalue weighted by Gasteiger charge is -2.11. The number of aliphatic hydroxyl groups is 1. The van der Waals surface area contributed by atoms with Gasteiger partial charge in [0.05, 0.1) is 6.10 Å². The molecule has 1 aromatic rings. The molecule has 1 aromatic carbocycles. The van der Waals surface area contributed by atoms with Crippen molar-refractivity contribution < 1.29 is 5.11 Å². The summed E-state index contributed by atoms with van der Waals surface area (Å²) in [6, 6.07) is 3.51. The van der Waals surface area contributed by atoms with Gasteiger partial charge in [-0.05, 0) is 30.5 Å². The number of halogens is 2. The molecule has 0 aromatic heterocycles. The first-order valence-corrected chi connectivity index (χ1v) is 4.95. The number of aryl methyl sites for hydroxylation is 1. The Morgan fingerprint density at radius 3 is 2.46 bits per heavy atom. The summed E-state index contributed by atoms with van der Waals surface area (Å²) in [4.78, 5) is 0. The highest BCUT2D eigenvalue weighted by Crippen LogP contribution is 2.30. The zero-order valence-corrected chi connectivity index (χ0v) is 9.15. The number of rotatable bonds is 2. The third-order valence-electron chi connectivity index (χ3n) is 2.02. The van der Waals surface area contributed by atoms with Crippen molar-refractivity contribution in [3.63, 3.8) is 0 Å².